The lowest BCUT2D eigenvalue weighted by Gasteiger charge is -2.07. The summed E-state index contributed by atoms with van der Waals surface area (Å²) in [6.07, 6.45) is 6.63. The molecule has 0 aromatic heterocycles. The number of carbonyl (C=O) groups is 1. The number of hydrogen-bond acceptors (Lipinski definition) is 2. The topological polar surface area (TPSA) is 46.3 Å². The maximum Gasteiger partial charge on any atom is 0.241 e. The molecule has 0 aliphatic rings. The van der Waals surface area contributed by atoms with E-state index in [1.54, 1.807) is 12.2 Å². The Bertz CT molecular complexity index is 184. The Morgan fingerprint density at radius 2 is 1.87 bits per heavy atom. The van der Waals surface area contributed by atoms with Gasteiger partial charge in [-0.25, -0.2) is 0 Å². The Morgan fingerprint density at radius 1 is 1.33 bits per heavy atom. The van der Waals surface area contributed by atoms with E-state index in [9.17, 15) is 4.79 Å². The lowest BCUT2D eigenvalue weighted by Crippen LogP contribution is -2.15. The molecule has 0 saturated heterocycles. The minimum Gasteiger partial charge on any atom is -0.366 e. The molecule has 0 radical (unpaired) electrons. The van der Waals surface area contributed by atoms with Gasteiger partial charge in [-0.3, -0.25) is 4.79 Å². The molecular weight excluding hydrogens is 188 g/mol. The molecule has 88 valence electrons. The molecule has 0 fully saturated rings. The molecular formula is C12H24N2O. The maximum atomic E-state index is 10.1. The number of hydrogen-bond donors (Lipinski definition) is 1. The summed E-state index contributed by atoms with van der Waals surface area (Å²) >= 11 is 0. The molecule has 0 atom stereocenters. The molecule has 0 aromatic carbocycles. The molecule has 3 heteroatoms. The van der Waals surface area contributed by atoms with Crippen molar-refractivity contribution in [3.63, 3.8) is 0 Å². The zero-order valence-corrected chi connectivity index (χ0v) is 10.2. The van der Waals surface area contributed by atoms with Gasteiger partial charge in [-0.05, 0) is 39.1 Å². The number of unbranched alkanes of at least 4 members (excludes halogenated alkanes) is 1. The summed E-state index contributed by atoms with van der Waals surface area (Å²) in [5, 5.41) is 0. The predicted molar refractivity (Wildman–Crippen MR) is 66.6 cm³/mol. The van der Waals surface area contributed by atoms with Gasteiger partial charge >= 0.3 is 0 Å². The van der Waals surface area contributed by atoms with Crippen molar-refractivity contribution in [2.24, 2.45) is 5.73 Å². The second-order valence-electron chi connectivity index (χ2n) is 3.16. The third-order valence-corrected chi connectivity index (χ3v) is 1.90. The molecule has 0 rings (SSSR count). The largest absolute Gasteiger partial charge is 0.366 e. The highest BCUT2D eigenvalue weighted by Crippen LogP contribution is 1.89. The van der Waals surface area contributed by atoms with Gasteiger partial charge in [0.15, 0.2) is 0 Å². The van der Waals surface area contributed by atoms with Crippen molar-refractivity contribution in [1.82, 2.24) is 4.90 Å². The third kappa shape index (κ3) is 19.4. The van der Waals surface area contributed by atoms with Crippen molar-refractivity contribution in [3.8, 4) is 0 Å². The van der Waals surface area contributed by atoms with Crippen LogP contribution in [0, 0.1) is 0 Å². The zero-order chi connectivity index (χ0) is 12.1. The Hall–Kier alpha value is -1.09. The van der Waals surface area contributed by atoms with E-state index in [1.807, 2.05) is 0 Å². The average molecular weight is 212 g/mol. The summed E-state index contributed by atoms with van der Waals surface area (Å²) in [6.45, 7) is 10.2. The molecule has 0 aromatic rings. The van der Waals surface area contributed by atoms with Gasteiger partial charge in [0.2, 0.25) is 5.91 Å². The summed E-state index contributed by atoms with van der Waals surface area (Å²) < 4.78 is 0. The Balaban J connectivity index is 0. The molecule has 0 heterocycles. The van der Waals surface area contributed by atoms with Crippen molar-refractivity contribution >= 4 is 5.91 Å². The first-order valence-corrected chi connectivity index (χ1v) is 5.33. The Labute approximate surface area is 93.6 Å². The number of nitrogens with two attached hydrogens (primary N) is 1. The maximum absolute atomic E-state index is 10.1. The van der Waals surface area contributed by atoms with E-state index in [4.69, 9.17) is 5.73 Å². The first-order valence-electron chi connectivity index (χ1n) is 5.33. The van der Waals surface area contributed by atoms with Crippen molar-refractivity contribution in [1.29, 1.82) is 0 Å². The summed E-state index contributed by atoms with van der Waals surface area (Å²) in [6, 6.07) is 0. The van der Waals surface area contributed by atoms with E-state index in [2.05, 4.69) is 32.4 Å². The first-order chi connectivity index (χ1) is 7.08. The predicted octanol–water partition coefficient (Wildman–Crippen LogP) is 1.95. The SMILES string of the molecule is C=CCC/C=C/C(N)=O.CCN(C)CC. The Morgan fingerprint density at radius 3 is 2.13 bits per heavy atom. The molecule has 1 amide bonds. The van der Waals surface area contributed by atoms with Crippen LogP contribution in [0.25, 0.3) is 0 Å². The number of allylic oxidation sites excluding steroid dienone is 2. The minimum atomic E-state index is -0.390. The van der Waals surface area contributed by atoms with Crippen molar-refractivity contribution in [2.45, 2.75) is 26.7 Å². The third-order valence-electron chi connectivity index (χ3n) is 1.90. The second-order valence-corrected chi connectivity index (χ2v) is 3.16. The van der Waals surface area contributed by atoms with Gasteiger partial charge in [0.05, 0.1) is 0 Å². The first kappa shape index (κ1) is 16.3. The summed E-state index contributed by atoms with van der Waals surface area (Å²) in [5.41, 5.74) is 4.82. The number of primary amides is 1. The molecule has 0 unspecified atom stereocenters. The van der Waals surface area contributed by atoms with Crippen LogP contribution in [-0.2, 0) is 4.79 Å². The van der Waals surface area contributed by atoms with Gasteiger partial charge in [0, 0.05) is 0 Å². The van der Waals surface area contributed by atoms with E-state index in [-0.39, 0.29) is 5.91 Å². The van der Waals surface area contributed by atoms with Crippen LogP contribution in [0.4, 0.5) is 0 Å². The fourth-order valence-corrected chi connectivity index (χ4v) is 0.637. The number of carbonyl (C=O) groups excluding carboxylic acids is 1. The van der Waals surface area contributed by atoms with Crippen LogP contribution in [0.5, 0.6) is 0 Å². The fourth-order valence-electron chi connectivity index (χ4n) is 0.637. The molecule has 15 heavy (non-hydrogen) atoms. The molecule has 0 aliphatic heterocycles. The average Bonchev–Trinajstić information content (AvgIpc) is 2.24. The summed E-state index contributed by atoms with van der Waals surface area (Å²) in [4.78, 5) is 12.3. The van der Waals surface area contributed by atoms with Gasteiger partial charge in [0.1, 0.15) is 0 Å². The van der Waals surface area contributed by atoms with E-state index in [1.165, 1.54) is 6.08 Å². The quantitative estimate of drug-likeness (QED) is 0.415. The molecule has 3 nitrogen and oxygen atoms in total. The van der Waals surface area contributed by atoms with Crippen molar-refractivity contribution < 1.29 is 4.79 Å². The van der Waals surface area contributed by atoms with Crippen molar-refractivity contribution in [2.75, 3.05) is 20.1 Å². The lowest BCUT2D eigenvalue weighted by atomic mass is 10.3. The fraction of sp³-hybridized carbons (Fsp3) is 0.583. The summed E-state index contributed by atoms with van der Waals surface area (Å²) in [5.74, 6) is -0.390. The standard InChI is InChI=1S/C7H11NO.C5H13N/c1-2-3-4-5-6-7(8)9;1-4-6(3)5-2/h2,5-6H,1,3-4H2,(H2,8,9);4-5H2,1-3H3/b6-5+;. The van der Waals surface area contributed by atoms with Gasteiger partial charge in [-0.1, -0.05) is 26.0 Å². The van der Waals surface area contributed by atoms with Crippen LogP contribution < -0.4 is 5.73 Å². The second kappa shape index (κ2) is 12.9. The van der Waals surface area contributed by atoms with Crippen LogP contribution >= 0.6 is 0 Å². The normalized spacial score (nSPS) is 9.87. The van der Waals surface area contributed by atoms with Crippen molar-refractivity contribution in [3.05, 3.63) is 24.8 Å². The highest BCUT2D eigenvalue weighted by molar-refractivity contribution is 5.85. The molecule has 0 aliphatic carbocycles. The van der Waals surface area contributed by atoms with Gasteiger partial charge < -0.3 is 10.6 Å². The van der Waals surface area contributed by atoms with Crippen LogP contribution in [0.2, 0.25) is 0 Å². The molecule has 2 N–H and O–H groups in total. The van der Waals surface area contributed by atoms with E-state index >= 15 is 0 Å². The highest BCUT2D eigenvalue weighted by Gasteiger charge is 1.81. The van der Waals surface area contributed by atoms with Gasteiger partial charge in [0.25, 0.3) is 0 Å². The summed E-state index contributed by atoms with van der Waals surface area (Å²) in [7, 11) is 2.11. The molecule has 0 spiro atoms. The van der Waals surface area contributed by atoms with E-state index in [0.717, 1.165) is 25.9 Å². The van der Waals surface area contributed by atoms with Gasteiger partial charge in [-0.2, -0.15) is 0 Å². The molecule has 0 saturated carbocycles. The highest BCUT2D eigenvalue weighted by atomic mass is 16.1. The van der Waals surface area contributed by atoms with Crippen LogP contribution in [-0.4, -0.2) is 30.9 Å². The smallest absolute Gasteiger partial charge is 0.241 e. The van der Waals surface area contributed by atoms with E-state index in [0.29, 0.717) is 0 Å². The lowest BCUT2D eigenvalue weighted by molar-refractivity contribution is -0.113. The van der Waals surface area contributed by atoms with Gasteiger partial charge in [-0.15, -0.1) is 6.58 Å². The van der Waals surface area contributed by atoms with Crippen LogP contribution in [0.3, 0.4) is 0 Å². The van der Waals surface area contributed by atoms with E-state index < -0.39 is 0 Å². The monoisotopic (exact) mass is 212 g/mol. The number of nitrogens with zero attached hydrogens (tertiary/aromatic N) is 1. The molecule has 0 bridgehead atoms. The number of rotatable bonds is 6. The zero-order valence-electron chi connectivity index (χ0n) is 10.2. The Kier molecular flexibility index (Phi) is 14.1. The van der Waals surface area contributed by atoms with Crippen LogP contribution in [0.1, 0.15) is 26.7 Å². The number of amides is 1. The minimum absolute atomic E-state index is 0.390. The van der Waals surface area contributed by atoms with Crippen LogP contribution in [0.15, 0.2) is 24.8 Å².